The molecule has 3 aromatic rings. The molecule has 1 N–H and O–H groups in total. The highest BCUT2D eigenvalue weighted by atomic mass is 32.1. The monoisotopic (exact) mass is 429 g/mol. The lowest BCUT2D eigenvalue weighted by molar-refractivity contribution is -0.145. The molecule has 0 aliphatic carbocycles. The first-order chi connectivity index (χ1) is 14.4. The molecular weight excluding hydrogens is 409 g/mol. The standard InChI is InChI=1S/C22H20FNO5S/c1-13-19-15(23)9-6-10-17(19)30-20(13)22(27)29-12-18(25)24-16(21(26)28-2)11-14-7-4-3-5-8-14/h3-10,16H,11-12H2,1-2H3,(H,24,25). The number of rotatable bonds is 7. The molecule has 0 aliphatic heterocycles. The van der Waals surface area contributed by atoms with Crippen molar-refractivity contribution < 1.29 is 28.2 Å². The van der Waals surface area contributed by atoms with Crippen LogP contribution < -0.4 is 5.32 Å². The Balaban J connectivity index is 1.64. The van der Waals surface area contributed by atoms with Gasteiger partial charge < -0.3 is 14.8 Å². The predicted octanol–water partition coefficient (Wildman–Crippen LogP) is 3.41. The van der Waals surface area contributed by atoms with Gasteiger partial charge in [0.1, 0.15) is 16.7 Å². The second kappa shape index (κ2) is 9.49. The smallest absolute Gasteiger partial charge is 0.349 e. The lowest BCUT2D eigenvalue weighted by atomic mass is 10.1. The number of carbonyl (C=O) groups excluding carboxylic acids is 3. The second-order valence-electron chi connectivity index (χ2n) is 6.58. The number of fused-ring (bicyclic) bond motifs is 1. The van der Waals surface area contributed by atoms with Crippen molar-refractivity contribution in [2.45, 2.75) is 19.4 Å². The van der Waals surface area contributed by atoms with Crippen LogP contribution >= 0.6 is 11.3 Å². The van der Waals surface area contributed by atoms with Gasteiger partial charge in [-0.05, 0) is 30.2 Å². The van der Waals surface area contributed by atoms with Crippen LogP contribution in [0, 0.1) is 12.7 Å². The van der Waals surface area contributed by atoms with Gasteiger partial charge in [0.25, 0.3) is 5.91 Å². The highest BCUT2D eigenvalue weighted by Crippen LogP contribution is 2.32. The average molecular weight is 429 g/mol. The third-order valence-corrected chi connectivity index (χ3v) is 5.76. The van der Waals surface area contributed by atoms with Crippen LogP contribution in [0.15, 0.2) is 48.5 Å². The van der Waals surface area contributed by atoms with Crippen molar-refractivity contribution in [3.8, 4) is 0 Å². The number of hydrogen-bond acceptors (Lipinski definition) is 6. The molecule has 156 valence electrons. The largest absolute Gasteiger partial charge is 0.467 e. The highest BCUT2D eigenvalue weighted by molar-refractivity contribution is 7.21. The summed E-state index contributed by atoms with van der Waals surface area (Å²) in [5.41, 5.74) is 1.31. The summed E-state index contributed by atoms with van der Waals surface area (Å²) < 4.78 is 24.5. The molecule has 0 aliphatic rings. The molecule has 3 rings (SSSR count). The van der Waals surface area contributed by atoms with Gasteiger partial charge in [0.2, 0.25) is 0 Å². The SMILES string of the molecule is COC(=O)C(Cc1ccccc1)NC(=O)COC(=O)c1sc2cccc(F)c2c1C. The summed E-state index contributed by atoms with van der Waals surface area (Å²) in [7, 11) is 1.23. The first kappa shape index (κ1) is 21.4. The number of methoxy groups -OCH3 is 1. The fourth-order valence-corrected chi connectivity index (χ4v) is 4.18. The van der Waals surface area contributed by atoms with E-state index in [1.54, 1.807) is 19.1 Å². The van der Waals surface area contributed by atoms with Crippen molar-refractivity contribution in [3.63, 3.8) is 0 Å². The number of esters is 2. The molecule has 1 amide bonds. The van der Waals surface area contributed by atoms with Gasteiger partial charge >= 0.3 is 11.9 Å². The minimum Gasteiger partial charge on any atom is -0.467 e. The molecule has 0 spiro atoms. The first-order valence-corrected chi connectivity index (χ1v) is 9.98. The van der Waals surface area contributed by atoms with Crippen molar-refractivity contribution in [2.75, 3.05) is 13.7 Å². The van der Waals surface area contributed by atoms with Crippen LogP contribution in [0.25, 0.3) is 10.1 Å². The molecule has 0 saturated carbocycles. The zero-order chi connectivity index (χ0) is 21.7. The molecule has 6 nitrogen and oxygen atoms in total. The maximum atomic E-state index is 14.0. The molecule has 1 atom stereocenters. The maximum absolute atomic E-state index is 14.0. The molecular formula is C22H20FNO5S. The van der Waals surface area contributed by atoms with Gasteiger partial charge in [0, 0.05) is 16.5 Å². The van der Waals surface area contributed by atoms with Crippen LogP contribution in [-0.2, 0) is 25.5 Å². The van der Waals surface area contributed by atoms with E-state index in [1.165, 1.54) is 13.2 Å². The summed E-state index contributed by atoms with van der Waals surface area (Å²) in [5, 5.41) is 2.89. The van der Waals surface area contributed by atoms with Crippen molar-refractivity contribution in [1.29, 1.82) is 0 Å². The molecule has 30 heavy (non-hydrogen) atoms. The quantitative estimate of drug-likeness (QED) is 0.582. The van der Waals surface area contributed by atoms with Gasteiger partial charge in [-0.25, -0.2) is 14.0 Å². The van der Waals surface area contributed by atoms with Crippen LogP contribution in [0.1, 0.15) is 20.8 Å². The normalized spacial score (nSPS) is 11.7. The minimum absolute atomic E-state index is 0.233. The van der Waals surface area contributed by atoms with Gasteiger partial charge in [-0.3, -0.25) is 4.79 Å². The Morgan fingerprint density at radius 1 is 1.10 bits per heavy atom. The second-order valence-corrected chi connectivity index (χ2v) is 7.63. The fraction of sp³-hybridized carbons (Fsp3) is 0.227. The Morgan fingerprint density at radius 2 is 1.83 bits per heavy atom. The van der Waals surface area contributed by atoms with Crippen LogP contribution in [0.5, 0.6) is 0 Å². The van der Waals surface area contributed by atoms with E-state index in [1.807, 2.05) is 30.3 Å². The summed E-state index contributed by atoms with van der Waals surface area (Å²) >= 11 is 1.10. The van der Waals surface area contributed by atoms with E-state index in [0.717, 1.165) is 16.9 Å². The average Bonchev–Trinajstić information content (AvgIpc) is 3.09. The van der Waals surface area contributed by atoms with Gasteiger partial charge in [0.15, 0.2) is 6.61 Å². The van der Waals surface area contributed by atoms with Crippen molar-refractivity contribution >= 4 is 39.3 Å². The summed E-state index contributed by atoms with van der Waals surface area (Å²) in [6.45, 7) is 1.06. The number of hydrogen-bond donors (Lipinski definition) is 1. The van der Waals surface area contributed by atoms with E-state index < -0.39 is 36.3 Å². The summed E-state index contributed by atoms with van der Waals surface area (Å²) in [4.78, 5) is 36.9. The fourth-order valence-electron chi connectivity index (χ4n) is 3.07. The molecule has 1 heterocycles. The van der Waals surface area contributed by atoms with E-state index in [4.69, 9.17) is 9.47 Å². The first-order valence-electron chi connectivity index (χ1n) is 9.16. The van der Waals surface area contributed by atoms with Crippen LogP contribution in [0.3, 0.4) is 0 Å². The van der Waals surface area contributed by atoms with Gasteiger partial charge in [-0.15, -0.1) is 11.3 Å². The molecule has 0 bridgehead atoms. The third-order valence-electron chi connectivity index (χ3n) is 4.53. The molecule has 1 unspecified atom stereocenters. The van der Waals surface area contributed by atoms with Gasteiger partial charge in [0.05, 0.1) is 7.11 Å². The van der Waals surface area contributed by atoms with Crippen LogP contribution in [0.4, 0.5) is 4.39 Å². The number of amides is 1. The van der Waals surface area contributed by atoms with Crippen molar-refractivity contribution in [3.05, 3.63) is 70.4 Å². The molecule has 0 radical (unpaired) electrons. The Kier molecular flexibility index (Phi) is 6.79. The summed E-state index contributed by atoms with van der Waals surface area (Å²) in [6.07, 6.45) is 0.238. The number of nitrogens with one attached hydrogen (secondary N) is 1. The topological polar surface area (TPSA) is 81.7 Å². The number of benzene rings is 2. The van der Waals surface area contributed by atoms with Gasteiger partial charge in [-0.2, -0.15) is 0 Å². The number of carbonyl (C=O) groups is 3. The van der Waals surface area contributed by atoms with E-state index in [0.29, 0.717) is 15.6 Å². The van der Waals surface area contributed by atoms with Crippen LogP contribution in [0.2, 0.25) is 0 Å². The Morgan fingerprint density at radius 3 is 2.50 bits per heavy atom. The number of ether oxygens (including phenoxy) is 2. The molecule has 8 heteroatoms. The van der Waals surface area contributed by atoms with E-state index in [9.17, 15) is 18.8 Å². The number of aryl methyl sites for hydroxylation is 1. The summed E-state index contributed by atoms with van der Waals surface area (Å²) in [5.74, 6) is -2.38. The third kappa shape index (κ3) is 4.83. The molecule has 2 aromatic carbocycles. The molecule has 1 aromatic heterocycles. The summed E-state index contributed by atoms with van der Waals surface area (Å²) in [6, 6.07) is 12.8. The van der Waals surface area contributed by atoms with Crippen molar-refractivity contribution in [2.24, 2.45) is 0 Å². The highest BCUT2D eigenvalue weighted by Gasteiger charge is 2.24. The Hall–Kier alpha value is -3.26. The lowest BCUT2D eigenvalue weighted by Gasteiger charge is -2.16. The van der Waals surface area contributed by atoms with E-state index in [-0.39, 0.29) is 11.3 Å². The Labute approximate surface area is 176 Å². The maximum Gasteiger partial charge on any atom is 0.349 e. The van der Waals surface area contributed by atoms with E-state index >= 15 is 0 Å². The minimum atomic E-state index is -0.913. The Bertz CT molecular complexity index is 1080. The zero-order valence-electron chi connectivity index (χ0n) is 16.4. The predicted molar refractivity (Wildman–Crippen MR) is 111 cm³/mol. The number of thiophene rings is 1. The molecule has 0 saturated heterocycles. The zero-order valence-corrected chi connectivity index (χ0v) is 17.3. The van der Waals surface area contributed by atoms with Gasteiger partial charge in [-0.1, -0.05) is 36.4 Å². The van der Waals surface area contributed by atoms with Crippen molar-refractivity contribution in [1.82, 2.24) is 5.32 Å². The number of halogens is 1. The van der Waals surface area contributed by atoms with Crippen LogP contribution in [-0.4, -0.2) is 37.6 Å². The lowest BCUT2D eigenvalue weighted by Crippen LogP contribution is -2.44. The molecule has 0 fully saturated rings. The van der Waals surface area contributed by atoms with E-state index in [2.05, 4.69) is 5.32 Å².